The summed E-state index contributed by atoms with van der Waals surface area (Å²) in [6.07, 6.45) is 0. The van der Waals surface area contributed by atoms with Crippen LogP contribution in [0.1, 0.15) is 0 Å². The second-order valence-corrected chi connectivity index (χ2v) is 14.7. The summed E-state index contributed by atoms with van der Waals surface area (Å²) in [6.45, 7) is 0. The van der Waals surface area contributed by atoms with Gasteiger partial charge in [-0.05, 0) is 52.2 Å². The molecule has 4 aromatic heterocycles. The van der Waals surface area contributed by atoms with Crippen LogP contribution < -0.4 is 0 Å². The molecule has 5 heteroatoms. The van der Waals surface area contributed by atoms with Gasteiger partial charge in [0.15, 0.2) is 5.82 Å². The molecule has 0 radical (unpaired) electrons. The van der Waals surface area contributed by atoms with Gasteiger partial charge in [0, 0.05) is 46.6 Å². The first-order chi connectivity index (χ1) is 24.3. The van der Waals surface area contributed by atoms with Crippen molar-refractivity contribution in [2.24, 2.45) is 0 Å². The van der Waals surface area contributed by atoms with E-state index in [-0.39, 0.29) is 0 Å². The highest BCUT2D eigenvalue weighted by Gasteiger charge is 2.22. The molecule has 0 spiro atoms. The summed E-state index contributed by atoms with van der Waals surface area (Å²) >= 11 is 3.59. The van der Waals surface area contributed by atoms with Gasteiger partial charge in [0.05, 0.1) is 11.0 Å². The predicted octanol–water partition coefficient (Wildman–Crippen LogP) is 12.8. The lowest BCUT2D eigenvalue weighted by Crippen LogP contribution is -2.03. The first kappa shape index (κ1) is 27.1. The number of aromatic nitrogens is 3. The molecule has 11 rings (SSSR count). The molecule has 0 aliphatic carbocycles. The van der Waals surface area contributed by atoms with Crippen LogP contribution in [-0.2, 0) is 0 Å². The Morgan fingerprint density at radius 2 is 1.18 bits per heavy atom. The van der Waals surface area contributed by atoms with Crippen molar-refractivity contribution in [3.05, 3.63) is 152 Å². The van der Waals surface area contributed by atoms with E-state index in [1.54, 1.807) is 11.3 Å². The van der Waals surface area contributed by atoms with Crippen LogP contribution in [0.4, 0.5) is 0 Å². The van der Waals surface area contributed by atoms with Gasteiger partial charge in [0.2, 0.25) is 0 Å². The molecule has 0 N–H and O–H groups in total. The number of para-hydroxylation sites is 1. The van der Waals surface area contributed by atoms with E-state index < -0.39 is 0 Å². The van der Waals surface area contributed by atoms with Crippen molar-refractivity contribution in [3.63, 3.8) is 0 Å². The number of rotatable bonds is 3. The van der Waals surface area contributed by atoms with Crippen LogP contribution in [0.15, 0.2) is 152 Å². The Balaban J connectivity index is 1.26. The molecule has 0 atom stereocenters. The lowest BCUT2D eigenvalue weighted by molar-refractivity contribution is 1.09. The summed E-state index contributed by atoms with van der Waals surface area (Å²) in [5.41, 5.74) is 7.46. The molecule has 0 saturated heterocycles. The van der Waals surface area contributed by atoms with Crippen LogP contribution in [0, 0.1) is 0 Å². The number of thiophene rings is 2. The maximum absolute atomic E-state index is 5.56. The minimum Gasteiger partial charge on any atom is -0.292 e. The van der Waals surface area contributed by atoms with Crippen LogP contribution >= 0.6 is 22.7 Å². The lowest BCUT2D eigenvalue weighted by atomic mass is 10.0. The van der Waals surface area contributed by atoms with Gasteiger partial charge in [-0.15, -0.1) is 22.7 Å². The van der Waals surface area contributed by atoms with Crippen molar-refractivity contribution in [2.45, 2.75) is 0 Å². The maximum atomic E-state index is 5.56. The van der Waals surface area contributed by atoms with E-state index in [0.717, 1.165) is 49.4 Å². The Morgan fingerprint density at radius 3 is 2.10 bits per heavy atom. The molecule has 0 aliphatic heterocycles. The average Bonchev–Trinajstić information content (AvgIpc) is 3.82. The monoisotopic (exact) mass is 659 g/mol. The topological polar surface area (TPSA) is 30.7 Å². The molecule has 49 heavy (non-hydrogen) atoms. The first-order valence-electron chi connectivity index (χ1n) is 16.4. The van der Waals surface area contributed by atoms with Crippen LogP contribution in [0.2, 0.25) is 0 Å². The summed E-state index contributed by atoms with van der Waals surface area (Å²) in [6, 6.07) is 54.6. The fourth-order valence-electron chi connectivity index (χ4n) is 7.53. The van der Waals surface area contributed by atoms with Gasteiger partial charge in [-0.25, -0.2) is 9.97 Å². The van der Waals surface area contributed by atoms with Gasteiger partial charge in [-0.1, -0.05) is 121 Å². The number of hydrogen-bond donors (Lipinski definition) is 0. The quantitative estimate of drug-likeness (QED) is 0.189. The largest absolute Gasteiger partial charge is 0.292 e. The molecule has 0 unspecified atom stereocenters. The van der Waals surface area contributed by atoms with Gasteiger partial charge < -0.3 is 0 Å². The van der Waals surface area contributed by atoms with E-state index in [1.165, 1.54) is 52.0 Å². The van der Waals surface area contributed by atoms with Crippen molar-refractivity contribution in [3.8, 4) is 28.2 Å². The smallest absolute Gasteiger partial charge is 0.165 e. The Bertz CT molecular complexity index is 3110. The van der Waals surface area contributed by atoms with Crippen molar-refractivity contribution < 1.29 is 0 Å². The molecule has 0 fully saturated rings. The second kappa shape index (κ2) is 10.3. The predicted molar refractivity (Wildman–Crippen MR) is 211 cm³/mol. The molecule has 0 saturated carbocycles. The van der Waals surface area contributed by atoms with E-state index >= 15 is 0 Å². The average molecular weight is 660 g/mol. The number of fused-ring (bicyclic) bond motifs is 11. The zero-order chi connectivity index (χ0) is 32.1. The Morgan fingerprint density at radius 1 is 0.429 bits per heavy atom. The van der Waals surface area contributed by atoms with Gasteiger partial charge in [-0.3, -0.25) is 4.57 Å². The van der Waals surface area contributed by atoms with Crippen molar-refractivity contribution in [1.82, 2.24) is 14.5 Å². The SMILES string of the molecule is c1ccc(-c2cccc(-c3nc4sc5ccccc5c4nc3-n3c4ccccc4c4cc5c(cc43)sc3c4ccccc4ccc53)c2)cc1. The van der Waals surface area contributed by atoms with E-state index in [2.05, 4.69) is 156 Å². The third kappa shape index (κ3) is 4.00. The van der Waals surface area contributed by atoms with E-state index in [0.29, 0.717) is 0 Å². The van der Waals surface area contributed by atoms with Crippen LogP contribution in [0.5, 0.6) is 0 Å². The summed E-state index contributed by atoms with van der Waals surface area (Å²) in [5, 5.41) is 8.75. The molecule has 11 aromatic rings. The highest BCUT2D eigenvalue weighted by molar-refractivity contribution is 7.26. The van der Waals surface area contributed by atoms with Crippen LogP contribution in [0.3, 0.4) is 0 Å². The van der Waals surface area contributed by atoms with Crippen molar-refractivity contribution in [2.75, 3.05) is 0 Å². The third-order valence-corrected chi connectivity index (χ3v) is 12.1. The zero-order valence-corrected chi connectivity index (χ0v) is 27.7. The van der Waals surface area contributed by atoms with Gasteiger partial charge in [0.25, 0.3) is 0 Å². The third-order valence-electron chi connectivity index (χ3n) is 9.80. The number of nitrogens with zero attached hydrogens (tertiary/aromatic N) is 3. The fraction of sp³-hybridized carbons (Fsp3) is 0. The molecular weight excluding hydrogens is 635 g/mol. The van der Waals surface area contributed by atoms with Crippen molar-refractivity contribution in [1.29, 1.82) is 0 Å². The zero-order valence-electron chi connectivity index (χ0n) is 26.1. The van der Waals surface area contributed by atoms with E-state index in [9.17, 15) is 0 Å². The highest BCUT2D eigenvalue weighted by Crippen LogP contribution is 2.44. The molecule has 0 bridgehead atoms. The first-order valence-corrected chi connectivity index (χ1v) is 18.0. The highest BCUT2D eigenvalue weighted by atomic mass is 32.1. The lowest BCUT2D eigenvalue weighted by Gasteiger charge is -2.14. The summed E-state index contributed by atoms with van der Waals surface area (Å²) in [5.74, 6) is 0.846. The normalized spacial score (nSPS) is 12.1. The molecule has 7 aromatic carbocycles. The minimum atomic E-state index is 0.846. The molecular formula is C44H25N3S2. The molecule has 4 heterocycles. The van der Waals surface area contributed by atoms with Gasteiger partial charge in [0.1, 0.15) is 16.0 Å². The minimum absolute atomic E-state index is 0.846. The van der Waals surface area contributed by atoms with Gasteiger partial charge in [-0.2, -0.15) is 0 Å². The Kier molecular flexibility index (Phi) is 5.70. The van der Waals surface area contributed by atoms with E-state index in [4.69, 9.17) is 9.97 Å². The van der Waals surface area contributed by atoms with E-state index in [1.807, 2.05) is 11.3 Å². The molecule has 228 valence electrons. The number of benzene rings is 7. The summed E-state index contributed by atoms with van der Waals surface area (Å²) < 4.78 is 6.15. The Labute approximate surface area is 289 Å². The fourth-order valence-corrected chi connectivity index (χ4v) is 9.81. The summed E-state index contributed by atoms with van der Waals surface area (Å²) in [4.78, 5) is 12.0. The maximum Gasteiger partial charge on any atom is 0.165 e. The molecule has 3 nitrogen and oxygen atoms in total. The van der Waals surface area contributed by atoms with Crippen LogP contribution in [-0.4, -0.2) is 14.5 Å². The van der Waals surface area contributed by atoms with Gasteiger partial charge >= 0.3 is 0 Å². The molecule has 0 amide bonds. The summed E-state index contributed by atoms with van der Waals surface area (Å²) in [7, 11) is 0. The second-order valence-electron chi connectivity index (χ2n) is 12.6. The molecule has 0 aliphatic rings. The van der Waals surface area contributed by atoms with Crippen molar-refractivity contribution >= 4 is 95.9 Å². The Hall–Kier alpha value is -5.88. The van der Waals surface area contributed by atoms with Crippen LogP contribution in [0.25, 0.3) is 101 Å². The number of hydrogen-bond acceptors (Lipinski definition) is 4. The standard InChI is InChI=1S/C44H25N3S2/c1-2-11-26(12-3-1)28-14-10-15-29(23-28)40-43(45-41-33-18-7-9-20-38(33)49-44(41)46-40)47-36-19-8-6-17-31(36)34-24-35-32-22-21-27-13-4-5-16-30(27)42(32)48-39(35)25-37(34)47/h1-25H.